The fourth-order valence-corrected chi connectivity index (χ4v) is 3.74. The summed E-state index contributed by atoms with van der Waals surface area (Å²) < 4.78 is 49.4. The Hall–Kier alpha value is -1.62. The van der Waals surface area contributed by atoms with E-state index in [1.165, 1.54) is 30.3 Å². The van der Waals surface area contributed by atoms with Gasteiger partial charge in [0.25, 0.3) is 0 Å². The number of hydrogen-bond acceptors (Lipinski definition) is 5. The van der Waals surface area contributed by atoms with E-state index < -0.39 is 35.4 Å². The SMILES string of the molecule is CC1(C)OB(c2cc(CCNS(=O)[O-])c(Cl)cc2C(=O)c2ccc(F)cc2)OC1(C)C. The number of nitrogens with one attached hydrogen (secondary N) is 1. The molecule has 0 aromatic heterocycles. The van der Waals surface area contributed by atoms with Gasteiger partial charge in [-0.2, -0.15) is 0 Å². The Labute approximate surface area is 189 Å². The standard InChI is InChI=1S/C21H24BClFNO5S/c1-20(2)21(3,4)30-22(29-20)17-11-14(9-10-25-31(27)28)18(23)12-16(17)19(26)13-5-7-15(24)8-6-13/h5-8,11-12,25H,9-10H2,1-4H3,(H,27,28)/p-1. The van der Waals surface area contributed by atoms with E-state index >= 15 is 0 Å². The predicted molar refractivity (Wildman–Crippen MR) is 118 cm³/mol. The molecule has 0 amide bonds. The summed E-state index contributed by atoms with van der Waals surface area (Å²) in [6, 6.07) is 8.47. The van der Waals surface area contributed by atoms with Crippen molar-refractivity contribution in [2.75, 3.05) is 6.54 Å². The van der Waals surface area contributed by atoms with E-state index in [4.69, 9.17) is 20.9 Å². The van der Waals surface area contributed by atoms with Gasteiger partial charge in [0.15, 0.2) is 5.78 Å². The van der Waals surface area contributed by atoms with Crippen molar-refractivity contribution in [3.63, 3.8) is 0 Å². The second-order valence-corrected chi connectivity index (χ2v) is 9.50. The van der Waals surface area contributed by atoms with Gasteiger partial charge in [-0.1, -0.05) is 17.7 Å². The van der Waals surface area contributed by atoms with Gasteiger partial charge in [-0.25, -0.2) is 9.11 Å². The maximum Gasteiger partial charge on any atom is 0.495 e. The molecule has 1 unspecified atom stereocenters. The minimum absolute atomic E-state index is 0.143. The minimum atomic E-state index is -2.39. The van der Waals surface area contributed by atoms with Gasteiger partial charge in [0.2, 0.25) is 0 Å². The first-order valence-electron chi connectivity index (χ1n) is 9.72. The van der Waals surface area contributed by atoms with E-state index in [0.717, 1.165) is 0 Å². The van der Waals surface area contributed by atoms with Crippen molar-refractivity contribution in [1.29, 1.82) is 0 Å². The Balaban J connectivity index is 2.04. The molecule has 1 fully saturated rings. The lowest BCUT2D eigenvalue weighted by molar-refractivity contribution is 0.00578. The highest BCUT2D eigenvalue weighted by atomic mass is 35.5. The van der Waals surface area contributed by atoms with Gasteiger partial charge in [0.05, 0.1) is 11.2 Å². The van der Waals surface area contributed by atoms with Crippen molar-refractivity contribution < 1.29 is 27.3 Å². The van der Waals surface area contributed by atoms with Crippen molar-refractivity contribution in [2.24, 2.45) is 0 Å². The van der Waals surface area contributed by atoms with Crippen LogP contribution in [0.15, 0.2) is 36.4 Å². The molecule has 0 spiro atoms. The molecule has 31 heavy (non-hydrogen) atoms. The lowest BCUT2D eigenvalue weighted by atomic mass is 9.73. The number of ketones is 1. The Bertz CT molecular complexity index is 1000. The highest BCUT2D eigenvalue weighted by molar-refractivity contribution is 7.77. The van der Waals surface area contributed by atoms with E-state index in [9.17, 15) is 17.9 Å². The smallest absolute Gasteiger partial charge is 0.495 e. The van der Waals surface area contributed by atoms with Crippen molar-refractivity contribution in [1.82, 2.24) is 4.72 Å². The van der Waals surface area contributed by atoms with Gasteiger partial charge in [-0.15, -0.1) is 0 Å². The number of carbonyl (C=O) groups is 1. The number of rotatable bonds is 7. The van der Waals surface area contributed by atoms with Crippen LogP contribution in [0.25, 0.3) is 0 Å². The minimum Gasteiger partial charge on any atom is -0.760 e. The first-order valence-corrected chi connectivity index (χ1v) is 11.2. The molecule has 3 rings (SSSR count). The molecule has 1 saturated heterocycles. The average molecular weight is 467 g/mol. The highest BCUT2D eigenvalue weighted by Crippen LogP contribution is 2.37. The van der Waals surface area contributed by atoms with Crippen molar-refractivity contribution >= 4 is 41.2 Å². The summed E-state index contributed by atoms with van der Waals surface area (Å²) in [4.78, 5) is 13.2. The van der Waals surface area contributed by atoms with Crippen LogP contribution < -0.4 is 10.2 Å². The molecule has 0 aliphatic carbocycles. The van der Waals surface area contributed by atoms with Crippen LogP contribution >= 0.6 is 11.6 Å². The van der Waals surface area contributed by atoms with Crippen molar-refractivity contribution in [3.05, 3.63) is 63.9 Å². The van der Waals surface area contributed by atoms with Gasteiger partial charge in [0, 0.05) is 34.0 Å². The summed E-state index contributed by atoms with van der Waals surface area (Å²) in [5.41, 5.74) is 0.435. The molecule has 0 saturated carbocycles. The molecule has 0 bridgehead atoms. The van der Waals surface area contributed by atoms with Crippen LogP contribution in [0, 0.1) is 5.82 Å². The second kappa shape index (κ2) is 9.09. The van der Waals surface area contributed by atoms with Gasteiger partial charge < -0.3 is 13.9 Å². The number of hydrogen-bond donors (Lipinski definition) is 1. The fourth-order valence-electron chi connectivity index (χ4n) is 3.22. The van der Waals surface area contributed by atoms with Gasteiger partial charge >= 0.3 is 7.12 Å². The molecule has 1 aliphatic rings. The van der Waals surface area contributed by atoms with Crippen LogP contribution in [0.4, 0.5) is 4.39 Å². The van der Waals surface area contributed by atoms with Crippen LogP contribution in [-0.4, -0.2) is 39.4 Å². The number of carbonyl (C=O) groups excluding carboxylic acids is 1. The molecule has 6 nitrogen and oxygen atoms in total. The summed E-state index contributed by atoms with van der Waals surface area (Å²) in [6.07, 6.45) is 0.310. The molecule has 1 aliphatic heterocycles. The quantitative estimate of drug-likeness (QED) is 0.385. The van der Waals surface area contributed by atoms with Crippen LogP contribution in [0.5, 0.6) is 0 Å². The van der Waals surface area contributed by atoms with E-state index in [2.05, 4.69) is 4.72 Å². The molecular weight excluding hydrogens is 444 g/mol. The third-order valence-electron chi connectivity index (χ3n) is 5.69. The molecule has 166 valence electrons. The van der Waals surface area contributed by atoms with E-state index in [1.54, 1.807) is 6.07 Å². The first-order chi connectivity index (χ1) is 14.4. The maximum atomic E-state index is 13.3. The lowest BCUT2D eigenvalue weighted by Gasteiger charge is -2.32. The van der Waals surface area contributed by atoms with Crippen LogP contribution in [0.3, 0.4) is 0 Å². The van der Waals surface area contributed by atoms with Crippen LogP contribution in [-0.2, 0) is 27.0 Å². The highest BCUT2D eigenvalue weighted by Gasteiger charge is 2.52. The van der Waals surface area contributed by atoms with Gasteiger partial charge in [-0.05, 0) is 75.5 Å². The average Bonchev–Trinajstić information content (AvgIpc) is 2.89. The third kappa shape index (κ3) is 5.24. The summed E-state index contributed by atoms with van der Waals surface area (Å²) in [5, 5.41) is 0.309. The zero-order valence-electron chi connectivity index (χ0n) is 17.7. The van der Waals surface area contributed by atoms with Crippen LogP contribution in [0.2, 0.25) is 5.02 Å². The molecular formula is C21H23BClFNO5S-. The Morgan fingerprint density at radius 2 is 1.74 bits per heavy atom. The first kappa shape index (κ1) is 24.0. The number of benzene rings is 2. The zero-order valence-corrected chi connectivity index (χ0v) is 19.2. The lowest BCUT2D eigenvalue weighted by Crippen LogP contribution is -2.41. The second-order valence-electron chi connectivity index (χ2n) is 8.33. The summed E-state index contributed by atoms with van der Waals surface area (Å²) in [7, 11) is -0.831. The normalized spacial score (nSPS) is 18.2. The molecule has 1 atom stereocenters. The third-order valence-corrected chi connectivity index (χ3v) is 6.48. The molecule has 0 radical (unpaired) electrons. The number of halogens is 2. The molecule has 2 aromatic carbocycles. The van der Waals surface area contributed by atoms with E-state index in [0.29, 0.717) is 28.0 Å². The van der Waals surface area contributed by atoms with E-state index in [1.807, 2.05) is 27.7 Å². The Morgan fingerprint density at radius 1 is 1.16 bits per heavy atom. The van der Waals surface area contributed by atoms with Gasteiger partial charge in [-0.3, -0.25) is 9.00 Å². The largest absolute Gasteiger partial charge is 0.760 e. The Kier molecular flexibility index (Phi) is 7.05. The molecule has 10 heteroatoms. The van der Waals surface area contributed by atoms with Crippen LogP contribution in [0.1, 0.15) is 49.2 Å². The monoisotopic (exact) mass is 466 g/mol. The van der Waals surface area contributed by atoms with Crippen molar-refractivity contribution in [2.45, 2.75) is 45.3 Å². The summed E-state index contributed by atoms with van der Waals surface area (Å²) in [5.74, 6) is -0.795. The summed E-state index contributed by atoms with van der Waals surface area (Å²) in [6.45, 7) is 7.75. The molecule has 1 N–H and O–H groups in total. The molecule has 2 aromatic rings. The zero-order chi connectivity index (χ0) is 23.0. The maximum absolute atomic E-state index is 13.3. The Morgan fingerprint density at radius 3 is 2.29 bits per heavy atom. The molecule has 1 heterocycles. The summed E-state index contributed by atoms with van der Waals surface area (Å²) >= 11 is 4.03. The fraction of sp³-hybridized carbons (Fsp3) is 0.381. The topological polar surface area (TPSA) is 87.7 Å². The van der Waals surface area contributed by atoms with Crippen molar-refractivity contribution in [3.8, 4) is 0 Å². The van der Waals surface area contributed by atoms with E-state index in [-0.39, 0.29) is 17.9 Å². The predicted octanol–water partition coefficient (Wildman–Crippen LogP) is 2.94. The van der Waals surface area contributed by atoms with Gasteiger partial charge in [0.1, 0.15) is 5.82 Å².